The Balaban J connectivity index is 1.64. The lowest BCUT2D eigenvalue weighted by molar-refractivity contribution is 0.0946. The highest BCUT2D eigenvalue weighted by molar-refractivity contribution is 6.03. The number of nitrogens with one attached hydrogen (secondary N) is 1. The molecule has 1 N–H and O–H groups in total. The number of furan rings is 1. The van der Waals surface area contributed by atoms with Gasteiger partial charge in [0.1, 0.15) is 12.0 Å². The minimum absolute atomic E-state index is 0.192. The molecule has 0 unspecified atom stereocenters. The molecule has 0 radical (unpaired) electrons. The summed E-state index contributed by atoms with van der Waals surface area (Å²) in [6, 6.07) is 4.03. The number of carbonyl (C=O) groups excluding carboxylic acids is 1. The molecular formula is C21H20N2O4. The van der Waals surface area contributed by atoms with Crippen LogP contribution in [-0.2, 0) is 6.42 Å². The van der Waals surface area contributed by atoms with Crippen LogP contribution < -0.4 is 10.1 Å². The second-order valence-electron chi connectivity index (χ2n) is 7.23. The molecule has 5 rings (SSSR count). The van der Waals surface area contributed by atoms with E-state index in [-0.39, 0.29) is 11.9 Å². The van der Waals surface area contributed by atoms with E-state index in [1.807, 2.05) is 12.1 Å². The highest BCUT2D eigenvalue weighted by Gasteiger charge is 2.27. The number of amides is 1. The average molecular weight is 364 g/mol. The molecule has 1 amide bonds. The summed E-state index contributed by atoms with van der Waals surface area (Å²) in [5, 5.41) is 3.85. The predicted molar refractivity (Wildman–Crippen MR) is 101 cm³/mol. The minimum Gasteiger partial charge on any atom is -0.493 e. The molecular weight excluding hydrogens is 344 g/mol. The zero-order valence-electron chi connectivity index (χ0n) is 15.3. The molecule has 1 aromatic carbocycles. The van der Waals surface area contributed by atoms with Crippen molar-refractivity contribution in [2.45, 2.75) is 38.6 Å². The van der Waals surface area contributed by atoms with Gasteiger partial charge >= 0.3 is 0 Å². The van der Waals surface area contributed by atoms with Crippen molar-refractivity contribution < 1.29 is 18.4 Å². The number of oxazole rings is 1. The number of methoxy groups -OCH3 is 1. The van der Waals surface area contributed by atoms with Crippen LogP contribution in [0, 0.1) is 0 Å². The molecule has 2 aliphatic rings. The molecule has 6 heteroatoms. The summed E-state index contributed by atoms with van der Waals surface area (Å²) in [6.07, 6.45) is 7.46. The van der Waals surface area contributed by atoms with Crippen LogP contribution in [0.25, 0.3) is 28.5 Å². The van der Waals surface area contributed by atoms with Crippen molar-refractivity contribution in [1.82, 2.24) is 10.3 Å². The Morgan fingerprint density at radius 2 is 2.15 bits per heavy atom. The van der Waals surface area contributed by atoms with Gasteiger partial charge in [0.25, 0.3) is 5.91 Å². The third-order valence-corrected chi connectivity index (χ3v) is 5.15. The van der Waals surface area contributed by atoms with Gasteiger partial charge in [-0.3, -0.25) is 4.79 Å². The number of allylic oxidation sites excluding steroid dienone is 1. The van der Waals surface area contributed by atoms with Gasteiger partial charge in [-0.15, -0.1) is 0 Å². The molecule has 3 aromatic rings. The molecule has 1 fully saturated rings. The average Bonchev–Trinajstić information content (AvgIpc) is 3.20. The van der Waals surface area contributed by atoms with Crippen molar-refractivity contribution in [3.8, 4) is 17.2 Å². The van der Waals surface area contributed by atoms with E-state index in [1.54, 1.807) is 7.11 Å². The fourth-order valence-electron chi connectivity index (χ4n) is 3.55. The van der Waals surface area contributed by atoms with E-state index >= 15 is 0 Å². The van der Waals surface area contributed by atoms with E-state index < -0.39 is 0 Å². The Labute approximate surface area is 156 Å². The van der Waals surface area contributed by atoms with Gasteiger partial charge in [-0.25, -0.2) is 4.98 Å². The first-order valence-corrected chi connectivity index (χ1v) is 9.20. The lowest BCUT2D eigenvalue weighted by atomic mass is 9.95. The third-order valence-electron chi connectivity index (χ3n) is 5.15. The van der Waals surface area contributed by atoms with Crippen molar-refractivity contribution in [3.63, 3.8) is 0 Å². The number of hydrogen-bond acceptors (Lipinski definition) is 5. The quantitative estimate of drug-likeness (QED) is 0.745. The van der Waals surface area contributed by atoms with E-state index in [4.69, 9.17) is 13.6 Å². The van der Waals surface area contributed by atoms with Gasteiger partial charge in [0, 0.05) is 29.0 Å². The van der Waals surface area contributed by atoms with Crippen LogP contribution in [0.2, 0.25) is 0 Å². The maximum atomic E-state index is 12.2. The van der Waals surface area contributed by atoms with Crippen LogP contribution >= 0.6 is 0 Å². The van der Waals surface area contributed by atoms with E-state index in [2.05, 4.69) is 23.3 Å². The fourth-order valence-corrected chi connectivity index (χ4v) is 3.55. The smallest absolute Gasteiger partial charge is 0.273 e. The molecule has 27 heavy (non-hydrogen) atoms. The predicted octanol–water partition coefficient (Wildman–Crippen LogP) is 4.34. The summed E-state index contributed by atoms with van der Waals surface area (Å²) in [7, 11) is 1.63. The Bertz CT molecular complexity index is 1090. The number of aryl methyl sites for hydroxylation is 1. The van der Waals surface area contributed by atoms with Gasteiger partial charge < -0.3 is 18.9 Å². The fraction of sp³-hybridized carbons (Fsp3) is 0.333. The van der Waals surface area contributed by atoms with Crippen molar-refractivity contribution in [2.75, 3.05) is 7.11 Å². The molecule has 0 aliphatic heterocycles. The molecule has 0 saturated heterocycles. The first-order chi connectivity index (χ1) is 13.1. The lowest BCUT2D eigenvalue weighted by Crippen LogP contribution is -2.25. The summed E-state index contributed by atoms with van der Waals surface area (Å²) in [5.74, 6) is 1.83. The van der Waals surface area contributed by atoms with E-state index in [0.717, 1.165) is 48.0 Å². The molecule has 0 bridgehead atoms. The number of rotatable bonds is 4. The van der Waals surface area contributed by atoms with Gasteiger partial charge in [-0.2, -0.15) is 0 Å². The van der Waals surface area contributed by atoms with E-state index in [1.165, 1.54) is 11.8 Å². The molecule has 2 aliphatic carbocycles. The molecule has 138 valence electrons. The SMILES string of the molecule is COc1ccc(-c2nc(C(=O)NC3CC3)co2)c2c3c(oc12)CCC(C)=C3. The second-order valence-corrected chi connectivity index (χ2v) is 7.23. The van der Waals surface area contributed by atoms with Crippen LogP contribution in [0.1, 0.15) is 48.0 Å². The Kier molecular flexibility index (Phi) is 3.60. The highest BCUT2D eigenvalue weighted by Crippen LogP contribution is 2.42. The number of hydrogen-bond donors (Lipinski definition) is 1. The van der Waals surface area contributed by atoms with Crippen molar-refractivity contribution in [1.29, 1.82) is 0 Å². The molecule has 0 atom stereocenters. The topological polar surface area (TPSA) is 77.5 Å². The summed E-state index contributed by atoms with van der Waals surface area (Å²) in [4.78, 5) is 16.7. The summed E-state index contributed by atoms with van der Waals surface area (Å²) < 4.78 is 17.3. The summed E-state index contributed by atoms with van der Waals surface area (Å²) >= 11 is 0. The Morgan fingerprint density at radius 1 is 1.30 bits per heavy atom. The van der Waals surface area contributed by atoms with Gasteiger partial charge in [-0.1, -0.05) is 11.6 Å². The molecule has 2 heterocycles. The number of fused-ring (bicyclic) bond motifs is 3. The Morgan fingerprint density at radius 3 is 2.93 bits per heavy atom. The van der Waals surface area contributed by atoms with Crippen molar-refractivity contribution >= 4 is 23.0 Å². The number of benzene rings is 1. The maximum Gasteiger partial charge on any atom is 0.273 e. The zero-order valence-corrected chi connectivity index (χ0v) is 15.3. The van der Waals surface area contributed by atoms with Crippen molar-refractivity contribution in [2.24, 2.45) is 0 Å². The summed E-state index contributed by atoms with van der Waals surface area (Å²) in [6.45, 7) is 2.12. The largest absolute Gasteiger partial charge is 0.493 e. The lowest BCUT2D eigenvalue weighted by Gasteiger charge is -2.08. The number of aromatic nitrogens is 1. The number of nitrogens with zero attached hydrogens (tertiary/aromatic N) is 1. The second kappa shape index (κ2) is 6.01. The summed E-state index contributed by atoms with van der Waals surface area (Å²) in [5.41, 5.74) is 4.13. The first-order valence-electron chi connectivity index (χ1n) is 9.20. The maximum absolute atomic E-state index is 12.2. The highest BCUT2D eigenvalue weighted by atomic mass is 16.5. The van der Waals surface area contributed by atoms with E-state index in [0.29, 0.717) is 22.9 Å². The number of ether oxygens (including phenoxy) is 1. The van der Waals surface area contributed by atoms with Crippen LogP contribution in [0.15, 0.2) is 32.8 Å². The van der Waals surface area contributed by atoms with Crippen LogP contribution in [0.5, 0.6) is 5.75 Å². The van der Waals surface area contributed by atoms with Gasteiger partial charge in [0.05, 0.1) is 7.11 Å². The van der Waals surface area contributed by atoms with Gasteiger partial charge in [-0.05, 0) is 38.3 Å². The van der Waals surface area contributed by atoms with E-state index in [9.17, 15) is 4.79 Å². The normalized spacial score (nSPS) is 16.1. The van der Waals surface area contributed by atoms with Crippen LogP contribution in [0.4, 0.5) is 0 Å². The zero-order chi connectivity index (χ0) is 18.5. The molecule has 1 saturated carbocycles. The van der Waals surface area contributed by atoms with Gasteiger partial charge in [0.15, 0.2) is 17.0 Å². The van der Waals surface area contributed by atoms with Crippen LogP contribution in [0.3, 0.4) is 0 Å². The molecule has 2 aromatic heterocycles. The molecule has 0 spiro atoms. The van der Waals surface area contributed by atoms with Crippen molar-refractivity contribution in [3.05, 3.63) is 41.0 Å². The first kappa shape index (κ1) is 16.2. The standard InChI is InChI=1S/C21H20N2O4/c1-11-3-7-16-14(9-11)18-13(6-8-17(25-2)19(18)27-16)21-23-15(10-26-21)20(24)22-12-4-5-12/h6,8-10,12H,3-5,7H2,1-2H3,(H,22,24). The minimum atomic E-state index is -0.192. The van der Waals surface area contributed by atoms with Crippen LogP contribution in [-0.4, -0.2) is 24.0 Å². The van der Waals surface area contributed by atoms with Gasteiger partial charge in [0.2, 0.25) is 5.89 Å². The monoisotopic (exact) mass is 364 g/mol. The Hall–Kier alpha value is -3.02. The third kappa shape index (κ3) is 2.72. The number of carbonyl (C=O) groups is 1. The molecule has 6 nitrogen and oxygen atoms in total.